The van der Waals surface area contributed by atoms with E-state index in [-0.39, 0.29) is 5.54 Å². The van der Waals surface area contributed by atoms with Gasteiger partial charge in [-0.1, -0.05) is 20.8 Å². The van der Waals surface area contributed by atoms with Crippen molar-refractivity contribution in [1.29, 1.82) is 0 Å². The molecule has 2 N–H and O–H groups in total. The molecule has 0 unspecified atom stereocenters. The fourth-order valence-electron chi connectivity index (χ4n) is 2.14. The molecular formula is C11H18N2S. The summed E-state index contributed by atoms with van der Waals surface area (Å²) < 4.78 is 0. The first kappa shape index (κ1) is 10.1. The SMILES string of the molecule is CC1CC(N)(c2nc(C(C)C)cs2)C1. The average Bonchev–Trinajstić information content (AvgIpc) is 2.49. The van der Waals surface area contributed by atoms with Crippen LogP contribution >= 0.6 is 11.3 Å². The Bertz CT molecular complexity index is 324. The minimum Gasteiger partial charge on any atom is -0.319 e. The lowest BCUT2D eigenvalue weighted by molar-refractivity contribution is 0.163. The van der Waals surface area contributed by atoms with Gasteiger partial charge in [0.1, 0.15) is 5.01 Å². The highest BCUT2D eigenvalue weighted by Gasteiger charge is 2.42. The molecule has 1 saturated carbocycles. The third kappa shape index (κ3) is 1.59. The molecule has 0 radical (unpaired) electrons. The predicted octanol–water partition coefficient (Wildman–Crippen LogP) is 2.85. The van der Waals surface area contributed by atoms with Crippen LogP contribution in [0.5, 0.6) is 0 Å². The molecule has 14 heavy (non-hydrogen) atoms. The Kier molecular flexibility index (Phi) is 2.40. The van der Waals surface area contributed by atoms with Gasteiger partial charge in [-0.2, -0.15) is 0 Å². The Balaban J connectivity index is 2.17. The van der Waals surface area contributed by atoms with E-state index in [0.717, 1.165) is 23.8 Å². The highest BCUT2D eigenvalue weighted by molar-refractivity contribution is 7.09. The molecule has 1 aliphatic carbocycles. The summed E-state index contributed by atoms with van der Waals surface area (Å²) in [6.07, 6.45) is 2.19. The Morgan fingerprint density at radius 2 is 2.21 bits per heavy atom. The summed E-state index contributed by atoms with van der Waals surface area (Å²) in [6, 6.07) is 0. The Morgan fingerprint density at radius 3 is 2.64 bits per heavy atom. The van der Waals surface area contributed by atoms with Crippen molar-refractivity contribution in [2.24, 2.45) is 11.7 Å². The maximum absolute atomic E-state index is 6.28. The monoisotopic (exact) mass is 210 g/mol. The first-order valence-electron chi connectivity index (χ1n) is 5.26. The van der Waals surface area contributed by atoms with Gasteiger partial charge in [-0.15, -0.1) is 11.3 Å². The van der Waals surface area contributed by atoms with Crippen LogP contribution in [0.4, 0.5) is 0 Å². The third-order valence-corrected chi connectivity index (χ3v) is 4.05. The zero-order valence-electron chi connectivity index (χ0n) is 9.08. The van der Waals surface area contributed by atoms with Crippen LogP contribution < -0.4 is 5.73 Å². The van der Waals surface area contributed by atoms with Gasteiger partial charge in [0.2, 0.25) is 0 Å². The molecule has 0 spiro atoms. The summed E-state index contributed by atoms with van der Waals surface area (Å²) in [5, 5.41) is 3.29. The van der Waals surface area contributed by atoms with E-state index in [0.29, 0.717) is 5.92 Å². The second kappa shape index (κ2) is 3.31. The highest BCUT2D eigenvalue weighted by Crippen LogP contribution is 2.44. The van der Waals surface area contributed by atoms with E-state index in [1.807, 2.05) is 0 Å². The average molecular weight is 210 g/mol. The largest absolute Gasteiger partial charge is 0.319 e. The Hall–Kier alpha value is -0.410. The second-order valence-electron chi connectivity index (χ2n) is 4.90. The molecule has 0 amide bonds. The zero-order chi connectivity index (χ0) is 10.3. The zero-order valence-corrected chi connectivity index (χ0v) is 9.90. The van der Waals surface area contributed by atoms with Crippen molar-refractivity contribution in [3.63, 3.8) is 0 Å². The minimum atomic E-state index is -0.1000. The number of rotatable bonds is 2. The Labute approximate surface area is 89.5 Å². The maximum atomic E-state index is 6.28. The van der Waals surface area contributed by atoms with Gasteiger partial charge in [-0.3, -0.25) is 0 Å². The van der Waals surface area contributed by atoms with Crippen LogP contribution in [0.3, 0.4) is 0 Å². The molecule has 2 rings (SSSR count). The standard InChI is InChI=1S/C11H18N2S/c1-7(2)9-6-14-10(13-9)11(12)4-8(3)5-11/h6-8H,4-5,12H2,1-3H3. The number of thiazole rings is 1. The minimum absolute atomic E-state index is 0.1000. The number of nitrogens with zero attached hydrogens (tertiary/aromatic N) is 1. The van der Waals surface area contributed by atoms with Gasteiger partial charge in [0.25, 0.3) is 0 Å². The third-order valence-electron chi connectivity index (χ3n) is 2.96. The highest BCUT2D eigenvalue weighted by atomic mass is 32.1. The molecule has 1 aromatic rings. The summed E-state index contributed by atoms with van der Waals surface area (Å²) in [5.41, 5.74) is 7.37. The van der Waals surface area contributed by atoms with Gasteiger partial charge in [-0.05, 0) is 24.7 Å². The van der Waals surface area contributed by atoms with Crippen LogP contribution in [-0.4, -0.2) is 4.98 Å². The van der Waals surface area contributed by atoms with E-state index in [1.54, 1.807) is 11.3 Å². The number of hydrogen-bond donors (Lipinski definition) is 1. The first-order valence-corrected chi connectivity index (χ1v) is 6.14. The van der Waals surface area contributed by atoms with Gasteiger partial charge in [0, 0.05) is 5.38 Å². The lowest BCUT2D eigenvalue weighted by atomic mass is 9.70. The van der Waals surface area contributed by atoms with E-state index < -0.39 is 0 Å². The molecular weight excluding hydrogens is 192 g/mol. The van der Waals surface area contributed by atoms with E-state index in [1.165, 1.54) is 5.69 Å². The quantitative estimate of drug-likeness (QED) is 0.815. The van der Waals surface area contributed by atoms with Crippen LogP contribution in [0.15, 0.2) is 5.38 Å². The maximum Gasteiger partial charge on any atom is 0.113 e. The molecule has 0 atom stereocenters. The molecule has 1 aromatic heterocycles. The second-order valence-corrected chi connectivity index (χ2v) is 5.76. The molecule has 0 aliphatic heterocycles. The summed E-state index contributed by atoms with van der Waals surface area (Å²) in [4.78, 5) is 4.63. The van der Waals surface area contributed by atoms with Gasteiger partial charge < -0.3 is 5.73 Å². The lowest BCUT2D eigenvalue weighted by Crippen LogP contribution is -2.47. The molecule has 0 aromatic carbocycles. The van der Waals surface area contributed by atoms with Crippen molar-refractivity contribution < 1.29 is 0 Å². The molecule has 1 fully saturated rings. The van der Waals surface area contributed by atoms with Crippen LogP contribution in [0, 0.1) is 5.92 Å². The van der Waals surface area contributed by atoms with Crippen LogP contribution in [0.2, 0.25) is 0 Å². The van der Waals surface area contributed by atoms with Gasteiger partial charge in [0.05, 0.1) is 11.2 Å². The number of hydrogen-bond acceptors (Lipinski definition) is 3. The number of nitrogens with two attached hydrogens (primary N) is 1. The van der Waals surface area contributed by atoms with E-state index >= 15 is 0 Å². The Morgan fingerprint density at radius 1 is 1.57 bits per heavy atom. The molecule has 1 aliphatic rings. The van der Waals surface area contributed by atoms with Crippen LogP contribution in [0.25, 0.3) is 0 Å². The van der Waals surface area contributed by atoms with Crippen molar-refractivity contribution in [3.8, 4) is 0 Å². The molecule has 3 heteroatoms. The topological polar surface area (TPSA) is 38.9 Å². The van der Waals surface area contributed by atoms with Crippen molar-refractivity contribution in [3.05, 3.63) is 16.1 Å². The fraction of sp³-hybridized carbons (Fsp3) is 0.727. The summed E-state index contributed by atoms with van der Waals surface area (Å²) >= 11 is 1.73. The van der Waals surface area contributed by atoms with E-state index in [4.69, 9.17) is 5.73 Å². The van der Waals surface area contributed by atoms with E-state index in [9.17, 15) is 0 Å². The first-order chi connectivity index (χ1) is 6.51. The van der Waals surface area contributed by atoms with Crippen molar-refractivity contribution in [2.75, 3.05) is 0 Å². The van der Waals surface area contributed by atoms with Crippen molar-refractivity contribution in [2.45, 2.75) is 45.1 Å². The molecule has 0 saturated heterocycles. The van der Waals surface area contributed by atoms with Crippen LogP contribution in [0.1, 0.15) is 50.2 Å². The molecule has 0 bridgehead atoms. The normalized spacial score (nSPS) is 31.9. The molecule has 1 heterocycles. The molecule has 78 valence electrons. The molecule has 2 nitrogen and oxygen atoms in total. The van der Waals surface area contributed by atoms with Crippen molar-refractivity contribution >= 4 is 11.3 Å². The van der Waals surface area contributed by atoms with E-state index in [2.05, 4.69) is 31.1 Å². The fourth-order valence-corrected chi connectivity index (χ4v) is 3.26. The predicted molar refractivity (Wildman–Crippen MR) is 60.5 cm³/mol. The lowest BCUT2D eigenvalue weighted by Gasteiger charge is -2.41. The summed E-state index contributed by atoms with van der Waals surface area (Å²) in [7, 11) is 0. The van der Waals surface area contributed by atoms with Gasteiger partial charge >= 0.3 is 0 Å². The van der Waals surface area contributed by atoms with Gasteiger partial charge in [0.15, 0.2) is 0 Å². The summed E-state index contributed by atoms with van der Waals surface area (Å²) in [5.74, 6) is 1.28. The van der Waals surface area contributed by atoms with Gasteiger partial charge in [-0.25, -0.2) is 4.98 Å². The number of aromatic nitrogens is 1. The smallest absolute Gasteiger partial charge is 0.113 e. The van der Waals surface area contributed by atoms with Crippen LogP contribution in [-0.2, 0) is 5.54 Å². The summed E-state index contributed by atoms with van der Waals surface area (Å²) in [6.45, 7) is 6.60. The van der Waals surface area contributed by atoms with Crippen molar-refractivity contribution in [1.82, 2.24) is 4.98 Å².